The van der Waals surface area contributed by atoms with Gasteiger partial charge >= 0.3 is 0 Å². The van der Waals surface area contributed by atoms with Crippen LogP contribution in [0, 0.1) is 0 Å². The summed E-state index contributed by atoms with van der Waals surface area (Å²) >= 11 is 0. The summed E-state index contributed by atoms with van der Waals surface area (Å²) in [4.78, 5) is 44.1. The normalized spacial score (nSPS) is 10.3. The van der Waals surface area contributed by atoms with Gasteiger partial charge < -0.3 is 25.7 Å². The summed E-state index contributed by atoms with van der Waals surface area (Å²) in [6.45, 7) is 0. The number of amides is 3. The first-order valence-electron chi connectivity index (χ1n) is 8.57. The summed E-state index contributed by atoms with van der Waals surface area (Å²) in [5, 5.41) is 2.78. The van der Waals surface area contributed by atoms with E-state index in [9.17, 15) is 14.4 Å². The number of imidazole rings is 1. The maximum atomic E-state index is 12.6. The van der Waals surface area contributed by atoms with E-state index >= 15 is 0 Å². The van der Waals surface area contributed by atoms with Crippen molar-refractivity contribution in [2.75, 3.05) is 24.4 Å². The lowest BCUT2D eigenvalue weighted by molar-refractivity contribution is 0.0958. The highest BCUT2D eigenvalue weighted by Gasteiger charge is 2.22. The highest BCUT2D eigenvalue weighted by atomic mass is 16.5. The predicted molar refractivity (Wildman–Crippen MR) is 107 cm³/mol. The Balaban J connectivity index is 1.72. The molecule has 29 heavy (non-hydrogen) atoms. The van der Waals surface area contributed by atoms with E-state index in [1.165, 1.54) is 18.3 Å². The first kappa shape index (κ1) is 19.6. The van der Waals surface area contributed by atoms with Crippen molar-refractivity contribution in [3.05, 3.63) is 71.8 Å². The van der Waals surface area contributed by atoms with Crippen LogP contribution in [0.15, 0.2) is 54.9 Å². The molecule has 2 aromatic carbocycles. The largest absolute Gasteiger partial charge is 0.497 e. The molecule has 0 aliphatic rings. The molecule has 0 saturated heterocycles. The third kappa shape index (κ3) is 4.24. The highest BCUT2D eigenvalue weighted by molar-refractivity contribution is 6.11. The Morgan fingerprint density at radius 2 is 1.86 bits per heavy atom. The number of nitrogens with zero attached hydrogens (tertiary/aromatic N) is 2. The van der Waals surface area contributed by atoms with Gasteiger partial charge in [-0.15, -0.1) is 0 Å². The Morgan fingerprint density at radius 1 is 1.14 bits per heavy atom. The average molecular weight is 393 g/mol. The third-order valence-electron chi connectivity index (χ3n) is 4.24. The number of ether oxygens (including phenoxy) is 1. The third-order valence-corrected chi connectivity index (χ3v) is 4.24. The molecule has 0 aliphatic heterocycles. The second kappa shape index (κ2) is 8.26. The van der Waals surface area contributed by atoms with Crippen molar-refractivity contribution in [2.24, 2.45) is 5.73 Å². The molecule has 9 nitrogen and oxygen atoms in total. The SMILES string of the molecule is COc1cccc(C(=O)Nc2ccc(N(C)C(=O)c3nc[nH]c3C(N)=O)cc2)c1. The van der Waals surface area contributed by atoms with E-state index in [1.54, 1.807) is 55.6 Å². The van der Waals surface area contributed by atoms with Crippen molar-refractivity contribution in [2.45, 2.75) is 0 Å². The first-order valence-corrected chi connectivity index (χ1v) is 8.57. The lowest BCUT2D eigenvalue weighted by Gasteiger charge is -2.17. The monoisotopic (exact) mass is 393 g/mol. The lowest BCUT2D eigenvalue weighted by atomic mass is 10.2. The van der Waals surface area contributed by atoms with Crippen LogP contribution in [-0.4, -0.2) is 41.8 Å². The fraction of sp³-hybridized carbons (Fsp3) is 0.100. The van der Waals surface area contributed by atoms with E-state index in [-0.39, 0.29) is 17.3 Å². The van der Waals surface area contributed by atoms with Crippen LogP contribution in [0.3, 0.4) is 0 Å². The molecule has 3 rings (SSSR count). The molecule has 0 bridgehead atoms. The molecule has 0 saturated carbocycles. The fourth-order valence-corrected chi connectivity index (χ4v) is 2.66. The van der Waals surface area contributed by atoms with Crippen molar-refractivity contribution >= 4 is 29.1 Å². The quantitative estimate of drug-likeness (QED) is 0.590. The Labute approximate surface area is 166 Å². The molecule has 1 heterocycles. The molecular weight excluding hydrogens is 374 g/mol. The summed E-state index contributed by atoms with van der Waals surface area (Å²) in [5.74, 6) is -0.964. The summed E-state index contributed by atoms with van der Waals surface area (Å²) < 4.78 is 5.12. The second-order valence-corrected chi connectivity index (χ2v) is 6.09. The fourth-order valence-electron chi connectivity index (χ4n) is 2.66. The predicted octanol–water partition coefficient (Wildman–Crippen LogP) is 2.05. The summed E-state index contributed by atoms with van der Waals surface area (Å²) in [7, 11) is 3.08. The molecule has 9 heteroatoms. The minimum atomic E-state index is -0.769. The number of benzene rings is 2. The van der Waals surface area contributed by atoms with Crippen LogP contribution in [0.4, 0.5) is 11.4 Å². The van der Waals surface area contributed by atoms with E-state index in [4.69, 9.17) is 10.5 Å². The van der Waals surface area contributed by atoms with Crippen LogP contribution in [-0.2, 0) is 0 Å². The summed E-state index contributed by atoms with van der Waals surface area (Å²) in [6, 6.07) is 13.4. The Kier molecular flexibility index (Phi) is 5.59. The maximum absolute atomic E-state index is 12.6. The molecular formula is C20H19N5O4. The lowest BCUT2D eigenvalue weighted by Crippen LogP contribution is -2.29. The van der Waals surface area contributed by atoms with Crippen molar-refractivity contribution in [3.8, 4) is 5.75 Å². The van der Waals surface area contributed by atoms with Crippen LogP contribution in [0.25, 0.3) is 0 Å². The van der Waals surface area contributed by atoms with Crippen molar-refractivity contribution in [3.63, 3.8) is 0 Å². The number of hydrogen-bond donors (Lipinski definition) is 3. The van der Waals surface area contributed by atoms with Gasteiger partial charge in [0.05, 0.1) is 13.4 Å². The van der Waals surface area contributed by atoms with E-state index in [0.717, 1.165) is 0 Å². The van der Waals surface area contributed by atoms with Gasteiger partial charge in [0, 0.05) is 24.0 Å². The molecule has 0 spiro atoms. The number of H-pyrrole nitrogens is 1. The van der Waals surface area contributed by atoms with E-state index in [2.05, 4.69) is 15.3 Å². The number of rotatable bonds is 6. The molecule has 0 unspecified atom stereocenters. The molecule has 0 aliphatic carbocycles. The summed E-state index contributed by atoms with van der Waals surface area (Å²) in [6.07, 6.45) is 1.23. The smallest absolute Gasteiger partial charge is 0.279 e. The van der Waals surface area contributed by atoms with E-state index in [0.29, 0.717) is 22.7 Å². The number of anilines is 2. The van der Waals surface area contributed by atoms with Crippen molar-refractivity contribution < 1.29 is 19.1 Å². The molecule has 148 valence electrons. The van der Waals surface area contributed by atoms with Gasteiger partial charge in [0.1, 0.15) is 11.4 Å². The molecule has 4 N–H and O–H groups in total. The average Bonchev–Trinajstić information content (AvgIpc) is 3.23. The van der Waals surface area contributed by atoms with Crippen molar-refractivity contribution in [1.29, 1.82) is 0 Å². The Bertz CT molecular complexity index is 1060. The van der Waals surface area contributed by atoms with Crippen molar-refractivity contribution in [1.82, 2.24) is 9.97 Å². The number of methoxy groups -OCH3 is 1. The zero-order chi connectivity index (χ0) is 21.0. The number of carbonyl (C=O) groups excluding carboxylic acids is 3. The summed E-state index contributed by atoms with van der Waals surface area (Å²) in [5.41, 5.74) is 6.69. The standard InChI is InChI=1S/C20H19N5O4/c1-25(20(28)17-16(18(21)26)22-11-23-17)14-8-6-13(7-9-14)24-19(27)12-4-3-5-15(10-12)29-2/h3-11H,1-2H3,(H2,21,26)(H,22,23)(H,24,27). The molecule has 3 aromatic rings. The number of nitrogens with two attached hydrogens (primary N) is 1. The van der Waals surface area contributed by atoms with Crippen LogP contribution >= 0.6 is 0 Å². The molecule has 0 atom stereocenters. The number of aromatic amines is 1. The zero-order valence-electron chi connectivity index (χ0n) is 15.8. The van der Waals surface area contributed by atoms with E-state index in [1.807, 2.05) is 0 Å². The van der Waals surface area contributed by atoms with Gasteiger partial charge in [0.25, 0.3) is 17.7 Å². The van der Waals surface area contributed by atoms with Crippen LogP contribution in [0.2, 0.25) is 0 Å². The topological polar surface area (TPSA) is 130 Å². The number of primary amides is 1. The van der Waals surface area contributed by atoms with Crippen LogP contribution in [0.1, 0.15) is 31.3 Å². The van der Waals surface area contributed by atoms with Gasteiger partial charge in [0.15, 0.2) is 5.69 Å². The molecule has 0 radical (unpaired) electrons. The molecule has 3 amide bonds. The number of hydrogen-bond acceptors (Lipinski definition) is 5. The van der Waals surface area contributed by atoms with Gasteiger partial charge in [-0.05, 0) is 42.5 Å². The second-order valence-electron chi connectivity index (χ2n) is 6.09. The minimum absolute atomic E-state index is 0.0518. The minimum Gasteiger partial charge on any atom is -0.497 e. The zero-order valence-corrected chi connectivity index (χ0v) is 15.8. The van der Waals surface area contributed by atoms with E-state index < -0.39 is 11.8 Å². The van der Waals surface area contributed by atoms with Gasteiger partial charge in [-0.1, -0.05) is 6.07 Å². The highest BCUT2D eigenvalue weighted by Crippen LogP contribution is 2.20. The first-order chi connectivity index (χ1) is 13.9. The van der Waals surface area contributed by atoms with Gasteiger partial charge in [-0.3, -0.25) is 14.4 Å². The van der Waals surface area contributed by atoms with Crippen LogP contribution < -0.4 is 20.7 Å². The van der Waals surface area contributed by atoms with Gasteiger partial charge in [-0.2, -0.15) is 0 Å². The number of aromatic nitrogens is 2. The number of nitrogens with one attached hydrogen (secondary N) is 2. The van der Waals surface area contributed by atoms with Gasteiger partial charge in [0.2, 0.25) is 0 Å². The number of carbonyl (C=O) groups is 3. The molecule has 0 fully saturated rings. The molecule has 1 aromatic heterocycles. The maximum Gasteiger partial charge on any atom is 0.279 e. The Morgan fingerprint density at radius 3 is 2.52 bits per heavy atom. The Hall–Kier alpha value is -4.14. The van der Waals surface area contributed by atoms with Crippen LogP contribution in [0.5, 0.6) is 5.75 Å². The van der Waals surface area contributed by atoms with Gasteiger partial charge in [-0.25, -0.2) is 4.98 Å².